The Morgan fingerprint density at radius 1 is 1.40 bits per heavy atom. The van der Waals surface area contributed by atoms with E-state index in [0.29, 0.717) is 0 Å². The zero-order chi connectivity index (χ0) is 11.6. The van der Waals surface area contributed by atoms with Gasteiger partial charge in [0.25, 0.3) is 0 Å². The van der Waals surface area contributed by atoms with Gasteiger partial charge in [-0.15, -0.1) is 0 Å². The SMILES string of the molecule is COc1ccc(Cl)c(C(=O)C(F)F)c1Cl. The van der Waals surface area contributed by atoms with Crippen LogP contribution in [-0.2, 0) is 0 Å². The average molecular weight is 255 g/mol. The summed E-state index contributed by atoms with van der Waals surface area (Å²) >= 11 is 11.3. The van der Waals surface area contributed by atoms with E-state index in [4.69, 9.17) is 27.9 Å². The van der Waals surface area contributed by atoms with Crippen LogP contribution < -0.4 is 4.74 Å². The third-order valence-electron chi connectivity index (χ3n) is 1.72. The normalized spacial score (nSPS) is 10.5. The second kappa shape index (κ2) is 4.77. The molecule has 1 aromatic rings. The molecule has 1 rings (SSSR count). The Labute approximate surface area is 94.7 Å². The molecular weight excluding hydrogens is 249 g/mol. The van der Waals surface area contributed by atoms with Crippen molar-refractivity contribution in [1.82, 2.24) is 0 Å². The first-order valence-corrected chi connectivity index (χ1v) is 4.59. The fourth-order valence-corrected chi connectivity index (χ4v) is 1.66. The van der Waals surface area contributed by atoms with Crippen LogP contribution in [0.2, 0.25) is 10.0 Å². The van der Waals surface area contributed by atoms with Crippen LogP contribution in [0.5, 0.6) is 5.75 Å². The van der Waals surface area contributed by atoms with Gasteiger partial charge in [0.05, 0.1) is 22.7 Å². The maximum absolute atomic E-state index is 12.2. The molecular formula is C9H6Cl2F2O2. The summed E-state index contributed by atoms with van der Waals surface area (Å²) in [6.07, 6.45) is -3.15. The minimum Gasteiger partial charge on any atom is -0.495 e. The summed E-state index contributed by atoms with van der Waals surface area (Å²) in [7, 11) is 1.31. The quantitative estimate of drug-likeness (QED) is 0.773. The van der Waals surface area contributed by atoms with Gasteiger partial charge in [-0.25, -0.2) is 8.78 Å². The molecule has 0 amide bonds. The van der Waals surface area contributed by atoms with Gasteiger partial charge >= 0.3 is 6.43 Å². The van der Waals surface area contributed by atoms with E-state index in [1.807, 2.05) is 0 Å². The van der Waals surface area contributed by atoms with E-state index >= 15 is 0 Å². The number of benzene rings is 1. The molecule has 0 aliphatic rings. The minimum absolute atomic E-state index is 0.119. The minimum atomic E-state index is -3.15. The highest BCUT2D eigenvalue weighted by atomic mass is 35.5. The van der Waals surface area contributed by atoms with Gasteiger partial charge in [0.2, 0.25) is 5.78 Å². The van der Waals surface area contributed by atoms with Crippen molar-refractivity contribution in [2.75, 3.05) is 7.11 Å². The van der Waals surface area contributed by atoms with Crippen molar-refractivity contribution in [2.45, 2.75) is 6.43 Å². The number of hydrogen-bond acceptors (Lipinski definition) is 2. The topological polar surface area (TPSA) is 26.3 Å². The van der Waals surface area contributed by atoms with E-state index in [2.05, 4.69) is 0 Å². The Hall–Kier alpha value is -0.870. The summed E-state index contributed by atoms with van der Waals surface area (Å²) in [4.78, 5) is 11.1. The van der Waals surface area contributed by atoms with Crippen LogP contribution in [0.3, 0.4) is 0 Å². The smallest absolute Gasteiger partial charge is 0.300 e. The molecule has 0 heterocycles. The van der Waals surface area contributed by atoms with Gasteiger partial charge in [0, 0.05) is 0 Å². The van der Waals surface area contributed by atoms with Crippen molar-refractivity contribution in [2.24, 2.45) is 0 Å². The molecule has 0 bridgehead atoms. The molecule has 15 heavy (non-hydrogen) atoms. The van der Waals surface area contributed by atoms with Crippen LogP contribution in [0.15, 0.2) is 12.1 Å². The third kappa shape index (κ3) is 2.38. The number of halogens is 4. The molecule has 6 heteroatoms. The summed E-state index contributed by atoms with van der Waals surface area (Å²) in [5.74, 6) is -1.28. The van der Waals surface area contributed by atoms with Crippen molar-refractivity contribution < 1.29 is 18.3 Å². The largest absolute Gasteiger partial charge is 0.495 e. The molecule has 0 unspecified atom stereocenters. The second-order valence-corrected chi connectivity index (χ2v) is 3.39. The Morgan fingerprint density at radius 2 is 2.00 bits per heavy atom. The number of carbonyl (C=O) groups excluding carboxylic acids is 1. The summed E-state index contributed by atoms with van der Waals surface area (Å²) in [5.41, 5.74) is -0.410. The lowest BCUT2D eigenvalue weighted by molar-refractivity contribution is 0.0679. The van der Waals surface area contributed by atoms with Crippen molar-refractivity contribution >= 4 is 29.0 Å². The van der Waals surface area contributed by atoms with Gasteiger partial charge in [-0.05, 0) is 12.1 Å². The second-order valence-electron chi connectivity index (χ2n) is 2.60. The van der Waals surface area contributed by atoms with Gasteiger partial charge in [-0.1, -0.05) is 23.2 Å². The van der Waals surface area contributed by atoms with Crippen LogP contribution in [0.1, 0.15) is 10.4 Å². The Morgan fingerprint density at radius 3 is 2.47 bits per heavy atom. The number of methoxy groups -OCH3 is 1. The molecule has 0 N–H and O–H groups in total. The van der Waals surface area contributed by atoms with E-state index < -0.39 is 17.8 Å². The summed E-state index contributed by atoms with van der Waals surface area (Å²) in [5, 5.41) is -0.318. The standard InChI is InChI=1S/C9H6Cl2F2O2/c1-15-5-3-2-4(10)6(7(5)11)8(14)9(12)13/h2-3,9H,1H3. The molecule has 0 spiro atoms. The van der Waals surface area contributed by atoms with E-state index in [-0.39, 0.29) is 15.8 Å². The van der Waals surface area contributed by atoms with Crippen LogP contribution in [0, 0.1) is 0 Å². The zero-order valence-electron chi connectivity index (χ0n) is 7.56. The van der Waals surface area contributed by atoms with Crippen molar-refractivity contribution in [3.05, 3.63) is 27.7 Å². The predicted molar refractivity (Wildman–Crippen MR) is 53.3 cm³/mol. The molecule has 0 aliphatic carbocycles. The molecule has 1 aromatic carbocycles. The summed E-state index contributed by atoms with van der Waals surface area (Å²) < 4.78 is 29.2. The average Bonchev–Trinajstić information content (AvgIpc) is 2.17. The molecule has 0 aromatic heterocycles. The molecule has 0 radical (unpaired) electrons. The molecule has 0 saturated carbocycles. The lowest BCUT2D eigenvalue weighted by Gasteiger charge is -2.09. The predicted octanol–water partition coefficient (Wildman–Crippen LogP) is 3.45. The molecule has 82 valence electrons. The lowest BCUT2D eigenvalue weighted by atomic mass is 10.1. The van der Waals surface area contributed by atoms with Crippen LogP contribution in [0.25, 0.3) is 0 Å². The van der Waals surface area contributed by atoms with Crippen LogP contribution in [-0.4, -0.2) is 19.3 Å². The Balaban J connectivity index is 3.33. The van der Waals surface area contributed by atoms with Gasteiger partial charge < -0.3 is 4.74 Å². The molecule has 0 fully saturated rings. The third-order valence-corrected chi connectivity index (χ3v) is 2.41. The Kier molecular flexibility index (Phi) is 3.88. The van der Waals surface area contributed by atoms with Gasteiger partial charge in [-0.3, -0.25) is 4.79 Å². The van der Waals surface area contributed by atoms with E-state index in [1.165, 1.54) is 19.2 Å². The van der Waals surface area contributed by atoms with Crippen LogP contribution in [0.4, 0.5) is 8.78 Å². The molecule has 0 aliphatic heterocycles. The van der Waals surface area contributed by atoms with E-state index in [9.17, 15) is 13.6 Å². The fraction of sp³-hybridized carbons (Fsp3) is 0.222. The first-order chi connectivity index (χ1) is 6.99. The Bertz CT molecular complexity index is 394. The first-order valence-electron chi connectivity index (χ1n) is 3.83. The van der Waals surface area contributed by atoms with Gasteiger partial charge in [-0.2, -0.15) is 0 Å². The monoisotopic (exact) mass is 254 g/mol. The maximum Gasteiger partial charge on any atom is 0.300 e. The lowest BCUT2D eigenvalue weighted by Crippen LogP contribution is -2.11. The molecule has 0 saturated heterocycles. The number of carbonyl (C=O) groups is 1. The number of ether oxygens (including phenoxy) is 1. The first kappa shape index (κ1) is 12.2. The van der Waals surface area contributed by atoms with E-state index in [0.717, 1.165) is 0 Å². The zero-order valence-corrected chi connectivity index (χ0v) is 9.07. The van der Waals surface area contributed by atoms with Crippen molar-refractivity contribution in [1.29, 1.82) is 0 Å². The highest BCUT2D eigenvalue weighted by Crippen LogP contribution is 2.34. The summed E-state index contributed by atoms with van der Waals surface area (Å²) in [6, 6.07) is 2.68. The molecule has 0 atom stereocenters. The van der Waals surface area contributed by atoms with Gasteiger partial charge in [0.1, 0.15) is 5.75 Å². The number of ketones is 1. The maximum atomic E-state index is 12.2. The number of Topliss-reactive ketones (excluding diaryl/α,β-unsaturated/α-hetero) is 1. The molecule has 2 nitrogen and oxygen atoms in total. The van der Waals surface area contributed by atoms with Gasteiger partial charge in [0.15, 0.2) is 0 Å². The highest BCUT2D eigenvalue weighted by Gasteiger charge is 2.25. The number of hydrogen-bond donors (Lipinski definition) is 0. The van der Waals surface area contributed by atoms with Crippen LogP contribution >= 0.6 is 23.2 Å². The van der Waals surface area contributed by atoms with Crippen molar-refractivity contribution in [3.63, 3.8) is 0 Å². The fourth-order valence-electron chi connectivity index (χ4n) is 1.03. The highest BCUT2D eigenvalue weighted by molar-refractivity contribution is 6.40. The van der Waals surface area contributed by atoms with Crippen molar-refractivity contribution in [3.8, 4) is 5.75 Å². The number of rotatable bonds is 3. The van der Waals surface area contributed by atoms with E-state index in [1.54, 1.807) is 0 Å². The number of alkyl halides is 2. The summed E-state index contributed by atoms with van der Waals surface area (Å²) in [6.45, 7) is 0.